The van der Waals surface area contributed by atoms with Gasteiger partial charge in [-0.1, -0.05) is 24.3 Å². The van der Waals surface area contributed by atoms with Gasteiger partial charge in [0.25, 0.3) is 0 Å². The molecule has 1 N–H and O–H groups in total. The highest BCUT2D eigenvalue weighted by atomic mass is 19.4. The highest BCUT2D eigenvalue weighted by Crippen LogP contribution is 2.40. The van der Waals surface area contributed by atoms with Crippen LogP contribution >= 0.6 is 0 Å². The van der Waals surface area contributed by atoms with Crippen molar-refractivity contribution in [1.29, 1.82) is 0 Å². The lowest BCUT2D eigenvalue weighted by molar-refractivity contribution is -0.137. The van der Waals surface area contributed by atoms with Crippen LogP contribution in [0.5, 0.6) is 0 Å². The van der Waals surface area contributed by atoms with E-state index in [1.807, 2.05) is 19.2 Å². The average molecular weight is 375 g/mol. The summed E-state index contributed by atoms with van der Waals surface area (Å²) in [4.78, 5) is 4.31. The predicted molar refractivity (Wildman–Crippen MR) is 102 cm³/mol. The first-order valence-electron chi connectivity index (χ1n) is 9.40. The molecule has 4 rings (SSSR count). The van der Waals surface area contributed by atoms with Gasteiger partial charge in [0.2, 0.25) is 0 Å². The van der Waals surface area contributed by atoms with Crippen LogP contribution in [0, 0.1) is 0 Å². The van der Waals surface area contributed by atoms with Gasteiger partial charge in [0, 0.05) is 44.0 Å². The number of alkyl halides is 3. The Hall–Kier alpha value is -2.05. The van der Waals surface area contributed by atoms with Crippen molar-refractivity contribution in [3.05, 3.63) is 53.1 Å². The van der Waals surface area contributed by atoms with E-state index >= 15 is 0 Å². The molecule has 3 nitrogen and oxygen atoms in total. The van der Waals surface area contributed by atoms with E-state index < -0.39 is 11.7 Å². The van der Waals surface area contributed by atoms with E-state index in [4.69, 9.17) is 0 Å². The van der Waals surface area contributed by atoms with Crippen LogP contribution in [0.3, 0.4) is 0 Å². The largest absolute Gasteiger partial charge is 0.416 e. The summed E-state index contributed by atoms with van der Waals surface area (Å²) in [6, 6.07) is 10.4. The smallest absolute Gasteiger partial charge is 0.368 e. The number of anilines is 1. The van der Waals surface area contributed by atoms with Crippen LogP contribution in [-0.2, 0) is 19.1 Å². The number of nitrogens with one attached hydrogen (secondary N) is 1. The second-order valence-corrected chi connectivity index (χ2v) is 7.39. The molecular formula is C21H24F3N3. The second kappa shape index (κ2) is 7.17. The molecule has 2 aromatic rings. The van der Waals surface area contributed by atoms with E-state index in [0.29, 0.717) is 5.69 Å². The lowest BCUT2D eigenvalue weighted by Crippen LogP contribution is -2.44. The topological polar surface area (TPSA) is 18.5 Å². The molecule has 0 atom stereocenters. The van der Waals surface area contributed by atoms with Gasteiger partial charge < -0.3 is 15.1 Å². The van der Waals surface area contributed by atoms with E-state index in [1.165, 1.54) is 23.3 Å². The fourth-order valence-corrected chi connectivity index (χ4v) is 4.03. The first kappa shape index (κ1) is 18.3. The first-order chi connectivity index (χ1) is 12.9. The first-order valence-corrected chi connectivity index (χ1v) is 9.40. The van der Waals surface area contributed by atoms with Gasteiger partial charge >= 0.3 is 6.18 Å². The molecule has 0 spiro atoms. The van der Waals surface area contributed by atoms with Gasteiger partial charge in [-0.25, -0.2) is 0 Å². The normalized spacial score (nSPS) is 18.4. The van der Waals surface area contributed by atoms with Crippen LogP contribution in [-0.4, -0.2) is 44.7 Å². The lowest BCUT2D eigenvalue weighted by Gasteiger charge is -2.36. The fourth-order valence-electron chi connectivity index (χ4n) is 4.03. The third kappa shape index (κ3) is 3.69. The second-order valence-electron chi connectivity index (χ2n) is 7.39. The molecule has 0 bridgehead atoms. The molecular weight excluding hydrogens is 351 g/mol. The van der Waals surface area contributed by atoms with Gasteiger partial charge in [0.1, 0.15) is 0 Å². The minimum Gasteiger partial charge on any atom is -0.368 e. The summed E-state index contributed by atoms with van der Waals surface area (Å²) in [5.41, 5.74) is 4.59. The van der Waals surface area contributed by atoms with Crippen molar-refractivity contribution in [3.8, 4) is 11.1 Å². The van der Waals surface area contributed by atoms with Crippen LogP contribution < -0.4 is 10.2 Å². The summed E-state index contributed by atoms with van der Waals surface area (Å²) in [6.45, 7) is 4.89. The van der Waals surface area contributed by atoms with E-state index in [0.717, 1.165) is 56.8 Å². The molecule has 0 unspecified atom stereocenters. The van der Waals surface area contributed by atoms with Crippen LogP contribution in [0.4, 0.5) is 18.9 Å². The van der Waals surface area contributed by atoms with Crippen molar-refractivity contribution in [2.75, 3.05) is 44.7 Å². The van der Waals surface area contributed by atoms with Gasteiger partial charge in [0.05, 0.1) is 5.56 Å². The van der Waals surface area contributed by atoms with Crippen molar-refractivity contribution in [1.82, 2.24) is 10.2 Å². The van der Waals surface area contributed by atoms with Crippen LogP contribution in [0.2, 0.25) is 0 Å². The Kier molecular flexibility index (Phi) is 4.86. The molecule has 2 aliphatic heterocycles. The number of nitrogens with zero attached hydrogens (tertiary/aromatic N) is 2. The fraction of sp³-hybridized carbons (Fsp3) is 0.429. The number of rotatable bonds is 2. The maximum absolute atomic E-state index is 13.4. The molecule has 0 saturated carbocycles. The molecule has 2 aliphatic rings. The maximum atomic E-state index is 13.4. The number of halogens is 3. The molecule has 1 saturated heterocycles. The molecule has 0 aliphatic carbocycles. The zero-order valence-corrected chi connectivity index (χ0v) is 15.4. The molecule has 1 fully saturated rings. The van der Waals surface area contributed by atoms with Gasteiger partial charge in [-0.05, 0) is 48.8 Å². The predicted octanol–water partition coefficient (Wildman–Crippen LogP) is 3.77. The summed E-state index contributed by atoms with van der Waals surface area (Å²) in [5, 5.41) is 3.37. The summed E-state index contributed by atoms with van der Waals surface area (Å²) < 4.78 is 40.1. The molecule has 6 heteroatoms. The van der Waals surface area contributed by atoms with Crippen LogP contribution in [0.25, 0.3) is 11.1 Å². The standard InChI is InChI=1S/C21H24F3N3/c1-26-9-11-27(12-10-26)20-13-16(21(22,23)24)5-6-19(20)18-4-2-3-15-14-25-8-7-17(15)18/h2-6,13,25H,7-12,14H2,1H3. The Balaban J connectivity index is 1.83. The number of fused-ring (bicyclic) bond motifs is 1. The van der Waals surface area contributed by atoms with Crippen LogP contribution in [0.15, 0.2) is 36.4 Å². The summed E-state index contributed by atoms with van der Waals surface area (Å²) in [6.07, 6.45) is -3.44. The van der Waals surface area contributed by atoms with Crippen LogP contribution in [0.1, 0.15) is 16.7 Å². The monoisotopic (exact) mass is 375 g/mol. The van der Waals surface area contributed by atoms with E-state index in [9.17, 15) is 13.2 Å². The quantitative estimate of drug-likeness (QED) is 0.862. The highest BCUT2D eigenvalue weighted by molar-refractivity contribution is 5.82. The third-order valence-corrected chi connectivity index (χ3v) is 5.60. The number of piperazine rings is 1. The average Bonchev–Trinajstić information content (AvgIpc) is 2.67. The SMILES string of the molecule is CN1CCN(c2cc(C(F)(F)F)ccc2-c2cccc3c2CCNC3)CC1. The van der Waals surface area contributed by atoms with Gasteiger partial charge in [-0.2, -0.15) is 13.2 Å². The Morgan fingerprint density at radius 3 is 2.48 bits per heavy atom. The van der Waals surface area contributed by atoms with Crippen molar-refractivity contribution in [2.45, 2.75) is 19.1 Å². The van der Waals surface area contributed by atoms with Crippen molar-refractivity contribution >= 4 is 5.69 Å². The summed E-state index contributed by atoms with van der Waals surface area (Å²) in [7, 11) is 2.05. The Morgan fingerprint density at radius 2 is 1.74 bits per heavy atom. The molecule has 0 aromatic heterocycles. The molecule has 2 aromatic carbocycles. The summed E-state index contributed by atoms with van der Waals surface area (Å²) >= 11 is 0. The minimum atomic E-state index is -4.33. The number of hydrogen-bond acceptors (Lipinski definition) is 3. The zero-order chi connectivity index (χ0) is 19.0. The number of benzene rings is 2. The van der Waals surface area contributed by atoms with Gasteiger partial charge in [-0.15, -0.1) is 0 Å². The lowest BCUT2D eigenvalue weighted by atomic mass is 9.89. The van der Waals surface area contributed by atoms with E-state index in [-0.39, 0.29) is 0 Å². The third-order valence-electron chi connectivity index (χ3n) is 5.60. The van der Waals surface area contributed by atoms with E-state index in [2.05, 4.69) is 21.2 Å². The molecule has 2 heterocycles. The molecule has 0 radical (unpaired) electrons. The van der Waals surface area contributed by atoms with Crippen molar-refractivity contribution in [2.24, 2.45) is 0 Å². The molecule has 0 amide bonds. The van der Waals surface area contributed by atoms with E-state index in [1.54, 1.807) is 6.07 Å². The Morgan fingerprint density at radius 1 is 0.963 bits per heavy atom. The van der Waals surface area contributed by atoms with Gasteiger partial charge in [0.15, 0.2) is 0 Å². The molecule has 144 valence electrons. The van der Waals surface area contributed by atoms with Crippen molar-refractivity contribution in [3.63, 3.8) is 0 Å². The Labute approximate surface area is 157 Å². The minimum absolute atomic E-state index is 0.577. The maximum Gasteiger partial charge on any atom is 0.416 e. The Bertz CT molecular complexity index is 824. The molecule has 27 heavy (non-hydrogen) atoms. The number of hydrogen-bond donors (Lipinski definition) is 1. The van der Waals surface area contributed by atoms with Crippen molar-refractivity contribution < 1.29 is 13.2 Å². The highest BCUT2D eigenvalue weighted by Gasteiger charge is 2.32. The van der Waals surface area contributed by atoms with Gasteiger partial charge in [-0.3, -0.25) is 0 Å². The summed E-state index contributed by atoms with van der Waals surface area (Å²) in [5.74, 6) is 0. The number of likely N-dealkylation sites (N-methyl/N-ethyl adjacent to an activating group) is 1. The zero-order valence-electron chi connectivity index (χ0n) is 15.4.